The molecule has 1 rings (SSSR count). The Bertz CT molecular complexity index is 708. The molecular formula is C19H29N3O7. The molecule has 29 heavy (non-hydrogen) atoms. The van der Waals surface area contributed by atoms with E-state index in [-0.39, 0.29) is 18.8 Å². The molecule has 1 unspecified atom stereocenters. The zero-order valence-electron chi connectivity index (χ0n) is 16.9. The number of rotatable bonds is 10. The lowest BCUT2D eigenvalue weighted by Gasteiger charge is -2.33. The number of carbonyl (C=O) groups excluding carboxylic acids is 3. The maximum Gasteiger partial charge on any atom is 0.275 e. The van der Waals surface area contributed by atoms with Crippen LogP contribution in [0, 0.1) is 5.92 Å². The van der Waals surface area contributed by atoms with Crippen molar-refractivity contribution in [3.63, 3.8) is 0 Å². The summed E-state index contributed by atoms with van der Waals surface area (Å²) in [5, 5.41) is 34.5. The second-order valence-electron chi connectivity index (χ2n) is 7.09. The van der Waals surface area contributed by atoms with E-state index in [0.717, 1.165) is 0 Å². The van der Waals surface area contributed by atoms with E-state index in [2.05, 4.69) is 10.6 Å². The molecule has 3 amide bonds. The van der Waals surface area contributed by atoms with Crippen molar-refractivity contribution < 1.29 is 34.5 Å². The second-order valence-corrected chi connectivity index (χ2v) is 7.09. The Balaban J connectivity index is 3.11. The molecule has 10 nitrogen and oxygen atoms in total. The van der Waals surface area contributed by atoms with Crippen molar-refractivity contribution in [3.8, 4) is 5.75 Å². The van der Waals surface area contributed by atoms with E-state index in [1.54, 1.807) is 38.1 Å². The highest BCUT2D eigenvalue weighted by molar-refractivity contribution is 5.96. The minimum atomic E-state index is -2.55. The fourth-order valence-corrected chi connectivity index (χ4v) is 2.89. The van der Waals surface area contributed by atoms with Crippen LogP contribution in [0.25, 0.3) is 0 Å². The Morgan fingerprint density at radius 3 is 2.17 bits per heavy atom. The van der Waals surface area contributed by atoms with Crippen LogP contribution in [0.1, 0.15) is 25.8 Å². The van der Waals surface area contributed by atoms with Gasteiger partial charge in [-0.3, -0.25) is 19.6 Å². The highest BCUT2D eigenvalue weighted by Gasteiger charge is 2.48. The molecule has 0 heterocycles. The molecule has 0 bridgehead atoms. The zero-order chi connectivity index (χ0) is 22.2. The number of methoxy groups -OCH3 is 1. The van der Waals surface area contributed by atoms with Gasteiger partial charge in [0.15, 0.2) is 11.7 Å². The molecule has 0 aliphatic heterocycles. The van der Waals surface area contributed by atoms with Gasteiger partial charge in [0, 0.05) is 13.5 Å². The number of hydrogen-bond donors (Lipinski definition) is 6. The summed E-state index contributed by atoms with van der Waals surface area (Å²) in [5.41, 5.74) is -0.623. The van der Waals surface area contributed by atoms with Crippen molar-refractivity contribution in [1.82, 2.24) is 16.1 Å². The summed E-state index contributed by atoms with van der Waals surface area (Å²) in [7, 11) is 2.91. The molecule has 0 saturated carbocycles. The molecule has 6 N–H and O–H groups in total. The number of hydrogen-bond acceptors (Lipinski definition) is 7. The van der Waals surface area contributed by atoms with E-state index in [1.807, 2.05) is 0 Å². The fourth-order valence-electron chi connectivity index (χ4n) is 2.89. The van der Waals surface area contributed by atoms with Crippen LogP contribution in [0.2, 0.25) is 0 Å². The average Bonchev–Trinajstić information content (AvgIpc) is 2.71. The molecule has 0 saturated heterocycles. The number of aliphatic hydroxyl groups excluding tert-OH is 1. The largest absolute Gasteiger partial charge is 0.497 e. The fraction of sp³-hybridized carbons (Fsp3) is 0.526. The normalized spacial score (nSPS) is 15.0. The molecule has 0 aliphatic rings. The third-order valence-electron chi connectivity index (χ3n) is 4.39. The average molecular weight is 411 g/mol. The quantitative estimate of drug-likeness (QED) is 0.215. The molecule has 1 aromatic carbocycles. The van der Waals surface area contributed by atoms with Crippen molar-refractivity contribution in [3.05, 3.63) is 29.8 Å². The number of aliphatic hydroxyl groups is 2. The Labute approximate surface area is 169 Å². The molecular weight excluding hydrogens is 382 g/mol. The molecule has 1 aromatic rings. The minimum absolute atomic E-state index is 0.0927. The van der Waals surface area contributed by atoms with Gasteiger partial charge in [0.1, 0.15) is 11.8 Å². The molecule has 3 atom stereocenters. The molecule has 0 radical (unpaired) electrons. The van der Waals surface area contributed by atoms with E-state index >= 15 is 0 Å². The summed E-state index contributed by atoms with van der Waals surface area (Å²) in [6.45, 7) is 3.35. The first-order valence-electron chi connectivity index (χ1n) is 9.08. The van der Waals surface area contributed by atoms with Gasteiger partial charge in [0.05, 0.1) is 7.11 Å². The van der Waals surface area contributed by atoms with E-state index in [4.69, 9.17) is 9.94 Å². The molecule has 10 heteroatoms. The molecule has 0 aliphatic carbocycles. The Morgan fingerprint density at radius 2 is 1.72 bits per heavy atom. The standard InChI is InChI=1S/C19H29N3O7/c1-11(2)10-19(27,15(23)17(25)22-28)18(26)21-14(16(24)20-3)9-12-5-7-13(29-4)8-6-12/h5-8,11,14-15,23,27-28H,9-10H2,1-4H3,(H,20,24)(H,21,26)(H,22,25)/t14-,15+,19?/m0/s1. The van der Waals surface area contributed by atoms with Gasteiger partial charge in [-0.15, -0.1) is 0 Å². The summed E-state index contributed by atoms with van der Waals surface area (Å²) >= 11 is 0. The summed E-state index contributed by atoms with van der Waals surface area (Å²) < 4.78 is 5.08. The van der Waals surface area contributed by atoms with Gasteiger partial charge < -0.3 is 25.6 Å². The SMILES string of the molecule is CNC(=O)[C@H](Cc1ccc(OC)cc1)NC(=O)C(O)(CC(C)C)[C@H](O)C(=O)NO. The van der Waals surface area contributed by atoms with Crippen molar-refractivity contribution >= 4 is 17.7 Å². The third-order valence-corrected chi connectivity index (χ3v) is 4.39. The predicted molar refractivity (Wildman–Crippen MR) is 103 cm³/mol. The summed E-state index contributed by atoms with van der Waals surface area (Å²) in [6.07, 6.45) is -2.42. The van der Waals surface area contributed by atoms with Crippen molar-refractivity contribution in [1.29, 1.82) is 0 Å². The molecule has 0 fully saturated rings. The number of carbonyl (C=O) groups is 3. The summed E-state index contributed by atoms with van der Waals surface area (Å²) in [4.78, 5) is 36.7. The number of ether oxygens (including phenoxy) is 1. The lowest BCUT2D eigenvalue weighted by Crippen LogP contribution is -2.63. The minimum Gasteiger partial charge on any atom is -0.497 e. The third kappa shape index (κ3) is 6.41. The van der Waals surface area contributed by atoms with E-state index in [1.165, 1.54) is 19.6 Å². The van der Waals surface area contributed by atoms with Crippen molar-refractivity contribution in [2.45, 2.75) is 44.4 Å². The Hall–Kier alpha value is -2.69. The van der Waals surface area contributed by atoms with Crippen LogP contribution in [0.15, 0.2) is 24.3 Å². The van der Waals surface area contributed by atoms with Crippen molar-refractivity contribution in [2.24, 2.45) is 5.92 Å². The Kier molecular flexibility index (Phi) is 9.02. The molecule has 162 valence electrons. The number of amides is 3. The van der Waals surface area contributed by atoms with E-state index in [9.17, 15) is 24.6 Å². The van der Waals surface area contributed by atoms with Gasteiger partial charge in [-0.2, -0.15) is 0 Å². The maximum absolute atomic E-state index is 12.8. The van der Waals surface area contributed by atoms with Crippen LogP contribution in [-0.4, -0.2) is 65.0 Å². The predicted octanol–water partition coefficient (Wildman–Crippen LogP) is -0.888. The van der Waals surface area contributed by atoms with Gasteiger partial charge >= 0.3 is 0 Å². The van der Waals surface area contributed by atoms with Gasteiger partial charge in [-0.1, -0.05) is 26.0 Å². The lowest BCUT2D eigenvalue weighted by molar-refractivity contribution is -0.169. The van der Waals surface area contributed by atoms with E-state index < -0.39 is 35.5 Å². The Morgan fingerprint density at radius 1 is 1.14 bits per heavy atom. The number of benzene rings is 1. The van der Waals surface area contributed by atoms with Gasteiger partial charge in [-0.25, -0.2) is 5.48 Å². The first-order valence-corrected chi connectivity index (χ1v) is 9.08. The van der Waals surface area contributed by atoms with Crippen LogP contribution in [0.5, 0.6) is 5.75 Å². The topological polar surface area (TPSA) is 157 Å². The van der Waals surface area contributed by atoms with Gasteiger partial charge in [-0.05, 0) is 30.0 Å². The van der Waals surface area contributed by atoms with Gasteiger partial charge in [0.2, 0.25) is 5.91 Å². The van der Waals surface area contributed by atoms with Gasteiger partial charge in [0.25, 0.3) is 11.8 Å². The lowest BCUT2D eigenvalue weighted by atomic mass is 9.85. The highest BCUT2D eigenvalue weighted by Crippen LogP contribution is 2.23. The first-order chi connectivity index (χ1) is 13.6. The number of hydroxylamine groups is 1. The maximum atomic E-state index is 12.8. The monoisotopic (exact) mass is 411 g/mol. The molecule has 0 aromatic heterocycles. The zero-order valence-corrected chi connectivity index (χ0v) is 16.9. The highest BCUT2D eigenvalue weighted by atomic mass is 16.5. The number of likely N-dealkylation sites (N-methyl/N-ethyl adjacent to an activating group) is 1. The summed E-state index contributed by atoms with van der Waals surface area (Å²) in [5.74, 6) is -2.63. The van der Waals surface area contributed by atoms with Crippen LogP contribution in [0.3, 0.4) is 0 Å². The summed E-state index contributed by atoms with van der Waals surface area (Å²) in [6, 6.07) is 5.75. The van der Waals surface area contributed by atoms with Crippen LogP contribution >= 0.6 is 0 Å². The van der Waals surface area contributed by atoms with Crippen LogP contribution < -0.4 is 20.9 Å². The van der Waals surface area contributed by atoms with Crippen molar-refractivity contribution in [2.75, 3.05) is 14.2 Å². The number of nitrogens with one attached hydrogen (secondary N) is 3. The first kappa shape index (κ1) is 24.3. The van der Waals surface area contributed by atoms with Crippen LogP contribution in [-0.2, 0) is 20.8 Å². The van der Waals surface area contributed by atoms with Crippen LogP contribution in [0.4, 0.5) is 0 Å². The van der Waals surface area contributed by atoms with E-state index in [0.29, 0.717) is 11.3 Å². The smallest absolute Gasteiger partial charge is 0.275 e. The second kappa shape index (κ2) is 10.7. The molecule has 0 spiro atoms.